The Kier molecular flexibility index (Phi) is 5.71. The van der Waals surface area contributed by atoms with Gasteiger partial charge in [-0.25, -0.2) is 18.1 Å². The topological polar surface area (TPSA) is 85.1 Å². The molecule has 1 aromatic rings. The lowest BCUT2D eigenvalue weighted by atomic mass is 10.3. The second kappa shape index (κ2) is 6.60. The highest BCUT2D eigenvalue weighted by molar-refractivity contribution is 7.98. The van der Waals surface area contributed by atoms with Crippen LogP contribution in [0.2, 0.25) is 5.02 Å². The zero-order valence-electron chi connectivity index (χ0n) is 10.2. The number of nitrogen functional groups attached to an aromatic ring is 1. The van der Waals surface area contributed by atoms with Crippen molar-refractivity contribution in [2.75, 3.05) is 17.7 Å². The van der Waals surface area contributed by atoms with Gasteiger partial charge in [0.2, 0.25) is 10.0 Å². The maximum Gasteiger partial charge on any atom is 0.242 e. The molecule has 1 aromatic heterocycles. The minimum absolute atomic E-state index is 0.0289. The van der Waals surface area contributed by atoms with Crippen molar-refractivity contribution in [3.63, 3.8) is 0 Å². The fourth-order valence-corrected chi connectivity index (χ4v) is 3.65. The summed E-state index contributed by atoms with van der Waals surface area (Å²) >= 11 is 7.35. The summed E-state index contributed by atoms with van der Waals surface area (Å²) in [5.41, 5.74) is 5.45. The molecule has 18 heavy (non-hydrogen) atoms. The van der Waals surface area contributed by atoms with Crippen molar-refractivity contribution in [2.24, 2.45) is 0 Å². The maximum atomic E-state index is 12.1. The van der Waals surface area contributed by atoms with Crippen LogP contribution in [-0.2, 0) is 10.0 Å². The molecule has 0 spiro atoms. The van der Waals surface area contributed by atoms with E-state index < -0.39 is 10.0 Å². The first kappa shape index (κ1) is 15.6. The van der Waals surface area contributed by atoms with Gasteiger partial charge in [-0.3, -0.25) is 0 Å². The molecule has 0 amide bonds. The lowest BCUT2D eigenvalue weighted by Gasteiger charge is -2.15. The van der Waals surface area contributed by atoms with E-state index in [1.165, 1.54) is 12.3 Å². The average molecular weight is 310 g/mol. The lowest BCUT2D eigenvalue weighted by molar-refractivity contribution is 0.558. The van der Waals surface area contributed by atoms with Crippen LogP contribution < -0.4 is 10.5 Å². The van der Waals surface area contributed by atoms with E-state index >= 15 is 0 Å². The number of rotatable bonds is 6. The van der Waals surface area contributed by atoms with Crippen LogP contribution in [0.1, 0.15) is 13.3 Å². The Balaban J connectivity index is 2.95. The van der Waals surface area contributed by atoms with Crippen LogP contribution in [0, 0.1) is 0 Å². The number of nitrogens with one attached hydrogen (secondary N) is 1. The summed E-state index contributed by atoms with van der Waals surface area (Å²) < 4.78 is 26.8. The van der Waals surface area contributed by atoms with Crippen molar-refractivity contribution in [3.05, 3.63) is 17.3 Å². The van der Waals surface area contributed by atoms with Gasteiger partial charge in [-0.1, -0.05) is 18.5 Å². The molecular weight excluding hydrogens is 294 g/mol. The molecule has 0 bridgehead atoms. The van der Waals surface area contributed by atoms with Gasteiger partial charge >= 0.3 is 0 Å². The van der Waals surface area contributed by atoms with E-state index in [1.807, 2.05) is 13.2 Å². The number of nitrogens with zero attached hydrogens (tertiary/aromatic N) is 1. The fourth-order valence-electron chi connectivity index (χ4n) is 1.30. The Labute approximate surface area is 117 Å². The minimum Gasteiger partial charge on any atom is -0.382 e. The molecule has 102 valence electrons. The molecule has 0 aliphatic rings. The van der Waals surface area contributed by atoms with E-state index in [0.29, 0.717) is 5.75 Å². The Morgan fingerprint density at radius 2 is 2.28 bits per heavy atom. The van der Waals surface area contributed by atoms with Gasteiger partial charge in [0.15, 0.2) is 0 Å². The molecule has 0 radical (unpaired) electrons. The number of thioether (sulfide) groups is 1. The van der Waals surface area contributed by atoms with Crippen LogP contribution in [-0.4, -0.2) is 31.5 Å². The van der Waals surface area contributed by atoms with Crippen molar-refractivity contribution in [3.8, 4) is 0 Å². The highest BCUT2D eigenvalue weighted by Crippen LogP contribution is 2.20. The van der Waals surface area contributed by atoms with Crippen molar-refractivity contribution in [1.82, 2.24) is 9.71 Å². The Morgan fingerprint density at radius 3 is 2.78 bits per heavy atom. The molecule has 0 fully saturated rings. The fraction of sp³-hybridized carbons (Fsp3) is 0.500. The van der Waals surface area contributed by atoms with Crippen molar-refractivity contribution < 1.29 is 8.42 Å². The molecule has 8 heteroatoms. The van der Waals surface area contributed by atoms with E-state index in [4.69, 9.17) is 17.3 Å². The Morgan fingerprint density at radius 1 is 1.61 bits per heavy atom. The van der Waals surface area contributed by atoms with E-state index in [0.717, 1.165) is 6.42 Å². The number of hydrogen-bond acceptors (Lipinski definition) is 5. The molecule has 1 heterocycles. The third-order valence-electron chi connectivity index (χ3n) is 2.34. The van der Waals surface area contributed by atoms with Gasteiger partial charge in [0, 0.05) is 18.0 Å². The number of nitrogens with two attached hydrogens (primary N) is 1. The zero-order valence-corrected chi connectivity index (χ0v) is 12.6. The summed E-state index contributed by atoms with van der Waals surface area (Å²) in [5, 5.41) is 0.135. The van der Waals surface area contributed by atoms with Crippen LogP contribution in [0.25, 0.3) is 0 Å². The number of halogens is 1. The summed E-state index contributed by atoms with van der Waals surface area (Å²) in [6.45, 7) is 1.93. The van der Waals surface area contributed by atoms with Crippen LogP contribution in [0.5, 0.6) is 0 Å². The molecule has 1 rings (SSSR count). The van der Waals surface area contributed by atoms with E-state index in [9.17, 15) is 8.42 Å². The monoisotopic (exact) mass is 309 g/mol. The summed E-state index contributed by atoms with van der Waals surface area (Å²) in [7, 11) is -3.60. The number of pyridine rings is 1. The molecule has 0 aliphatic heterocycles. The van der Waals surface area contributed by atoms with Gasteiger partial charge < -0.3 is 5.73 Å². The normalized spacial score (nSPS) is 13.5. The van der Waals surface area contributed by atoms with Gasteiger partial charge in [0.1, 0.15) is 10.7 Å². The minimum atomic E-state index is -3.60. The van der Waals surface area contributed by atoms with E-state index in [2.05, 4.69) is 9.71 Å². The predicted octanol–water partition coefficient (Wildman–Crippen LogP) is 1.74. The third-order valence-corrected chi connectivity index (χ3v) is 4.86. The lowest BCUT2D eigenvalue weighted by Crippen LogP contribution is -2.36. The Hall–Kier alpha value is -0.500. The van der Waals surface area contributed by atoms with Gasteiger partial charge in [0.25, 0.3) is 0 Å². The number of sulfonamides is 1. The first-order chi connectivity index (χ1) is 8.40. The predicted molar refractivity (Wildman–Crippen MR) is 76.4 cm³/mol. The third kappa shape index (κ3) is 4.01. The second-order valence-electron chi connectivity index (χ2n) is 3.72. The van der Waals surface area contributed by atoms with Crippen LogP contribution >= 0.6 is 23.4 Å². The van der Waals surface area contributed by atoms with Gasteiger partial charge in [-0.15, -0.1) is 0 Å². The summed E-state index contributed by atoms with van der Waals surface area (Å²) in [4.78, 5) is 3.77. The zero-order chi connectivity index (χ0) is 13.8. The SMILES string of the molecule is CCC(CSC)NS(=O)(=O)c1cnc(N)c(Cl)c1. The number of hydrogen-bond donors (Lipinski definition) is 2. The summed E-state index contributed by atoms with van der Waals surface area (Å²) in [6, 6.07) is 1.19. The quantitative estimate of drug-likeness (QED) is 0.836. The van der Waals surface area contributed by atoms with Crippen LogP contribution in [0.4, 0.5) is 5.82 Å². The number of anilines is 1. The molecule has 5 nitrogen and oxygen atoms in total. The second-order valence-corrected chi connectivity index (χ2v) is 6.75. The molecule has 0 aliphatic carbocycles. The van der Waals surface area contributed by atoms with Gasteiger partial charge in [-0.2, -0.15) is 11.8 Å². The van der Waals surface area contributed by atoms with Crippen molar-refractivity contribution in [2.45, 2.75) is 24.3 Å². The standard InChI is InChI=1S/C10H16ClN3O2S2/c1-3-7(6-17-2)14-18(15,16)8-4-9(11)10(12)13-5-8/h4-5,7,14H,3,6H2,1-2H3,(H2,12,13). The molecule has 1 atom stereocenters. The molecule has 0 saturated heterocycles. The Bertz CT molecular complexity index is 508. The van der Waals surface area contributed by atoms with Gasteiger partial charge in [0.05, 0.1) is 5.02 Å². The summed E-state index contributed by atoms with van der Waals surface area (Å²) in [6.07, 6.45) is 3.85. The van der Waals surface area contributed by atoms with Crippen LogP contribution in [0.3, 0.4) is 0 Å². The first-order valence-electron chi connectivity index (χ1n) is 5.33. The van der Waals surface area contributed by atoms with Crippen LogP contribution in [0.15, 0.2) is 17.2 Å². The number of aromatic nitrogens is 1. The smallest absolute Gasteiger partial charge is 0.242 e. The average Bonchev–Trinajstić information content (AvgIpc) is 2.31. The largest absolute Gasteiger partial charge is 0.382 e. The van der Waals surface area contributed by atoms with Crippen molar-refractivity contribution in [1.29, 1.82) is 0 Å². The van der Waals surface area contributed by atoms with E-state index in [-0.39, 0.29) is 21.8 Å². The van der Waals surface area contributed by atoms with E-state index in [1.54, 1.807) is 11.8 Å². The molecule has 0 aromatic carbocycles. The molecular formula is C10H16ClN3O2S2. The van der Waals surface area contributed by atoms with Crippen molar-refractivity contribution >= 4 is 39.2 Å². The first-order valence-corrected chi connectivity index (χ1v) is 8.58. The summed E-state index contributed by atoms with van der Waals surface area (Å²) in [5.74, 6) is 0.832. The molecule has 3 N–H and O–H groups in total. The highest BCUT2D eigenvalue weighted by atomic mass is 35.5. The molecule has 0 saturated carbocycles. The maximum absolute atomic E-state index is 12.1. The highest BCUT2D eigenvalue weighted by Gasteiger charge is 2.20. The molecule has 1 unspecified atom stereocenters. The van der Waals surface area contributed by atoms with Gasteiger partial charge in [-0.05, 0) is 18.7 Å².